The van der Waals surface area contributed by atoms with Crippen LogP contribution in [-0.2, 0) is 4.74 Å². The van der Waals surface area contributed by atoms with Crippen LogP contribution in [0.5, 0.6) is 0 Å². The van der Waals surface area contributed by atoms with Crippen molar-refractivity contribution in [3.8, 4) is 0 Å². The molecule has 0 heterocycles. The van der Waals surface area contributed by atoms with Gasteiger partial charge in [-0.1, -0.05) is 19.1 Å². The van der Waals surface area contributed by atoms with Crippen LogP contribution in [0.3, 0.4) is 0 Å². The highest BCUT2D eigenvalue weighted by atomic mass is 16.5. The van der Waals surface area contributed by atoms with E-state index in [1.807, 2.05) is 0 Å². The molecular formula is C16H29NO2. The van der Waals surface area contributed by atoms with Gasteiger partial charge in [0.15, 0.2) is 0 Å². The molecule has 110 valence electrons. The third kappa shape index (κ3) is 4.59. The Kier molecular flexibility index (Phi) is 5.43. The minimum Gasteiger partial charge on any atom is -0.389 e. The maximum atomic E-state index is 9.93. The largest absolute Gasteiger partial charge is 0.389 e. The van der Waals surface area contributed by atoms with Gasteiger partial charge in [-0.15, -0.1) is 0 Å². The number of hydrogen-bond acceptors (Lipinski definition) is 3. The van der Waals surface area contributed by atoms with Crippen molar-refractivity contribution in [2.75, 3.05) is 19.8 Å². The van der Waals surface area contributed by atoms with Gasteiger partial charge in [0.2, 0.25) is 0 Å². The van der Waals surface area contributed by atoms with Crippen LogP contribution in [0.2, 0.25) is 0 Å². The first-order chi connectivity index (χ1) is 9.09. The van der Waals surface area contributed by atoms with Crippen LogP contribution in [0.15, 0.2) is 12.2 Å². The predicted molar refractivity (Wildman–Crippen MR) is 78.1 cm³/mol. The van der Waals surface area contributed by atoms with E-state index >= 15 is 0 Å². The number of aliphatic hydroxyl groups is 1. The predicted octanol–water partition coefficient (Wildman–Crippen LogP) is 2.50. The Hall–Kier alpha value is -0.380. The molecule has 3 nitrogen and oxygen atoms in total. The SMILES string of the molecule is CC1CC=CCC1COCC(O)CNC1(C)CCC1. The molecule has 3 unspecified atom stereocenters. The molecule has 2 N–H and O–H groups in total. The van der Waals surface area contributed by atoms with E-state index in [9.17, 15) is 5.11 Å². The molecule has 0 aromatic rings. The second kappa shape index (κ2) is 6.87. The molecule has 1 fully saturated rings. The Balaban J connectivity index is 1.56. The minimum absolute atomic E-state index is 0.268. The molecule has 3 heteroatoms. The van der Waals surface area contributed by atoms with Crippen molar-refractivity contribution in [3.63, 3.8) is 0 Å². The summed E-state index contributed by atoms with van der Waals surface area (Å²) in [5.74, 6) is 1.32. The first-order valence-electron chi connectivity index (χ1n) is 7.75. The Bertz CT molecular complexity index is 299. The summed E-state index contributed by atoms with van der Waals surface area (Å²) in [6.07, 6.45) is 10.2. The molecule has 0 radical (unpaired) electrons. The Morgan fingerprint density at radius 3 is 2.74 bits per heavy atom. The van der Waals surface area contributed by atoms with Gasteiger partial charge in [0, 0.05) is 12.1 Å². The standard InChI is InChI=1S/C16H29NO2/c1-13-6-3-4-7-14(13)11-19-12-15(18)10-17-16(2)8-5-9-16/h3-4,13-15,17-18H,5-12H2,1-2H3. The zero-order chi connectivity index (χ0) is 13.7. The zero-order valence-corrected chi connectivity index (χ0v) is 12.4. The van der Waals surface area contributed by atoms with Crippen molar-refractivity contribution in [1.82, 2.24) is 5.32 Å². The van der Waals surface area contributed by atoms with Crippen molar-refractivity contribution in [1.29, 1.82) is 0 Å². The summed E-state index contributed by atoms with van der Waals surface area (Å²) >= 11 is 0. The first-order valence-corrected chi connectivity index (χ1v) is 7.75. The van der Waals surface area contributed by atoms with Crippen molar-refractivity contribution in [3.05, 3.63) is 12.2 Å². The average molecular weight is 267 g/mol. The van der Waals surface area contributed by atoms with E-state index in [1.54, 1.807) is 0 Å². The second-order valence-electron chi connectivity index (χ2n) is 6.67. The molecule has 1 saturated carbocycles. The number of nitrogens with one attached hydrogen (secondary N) is 1. The Labute approximate surface area is 117 Å². The summed E-state index contributed by atoms with van der Waals surface area (Å²) in [5, 5.41) is 13.4. The van der Waals surface area contributed by atoms with Crippen LogP contribution in [-0.4, -0.2) is 36.5 Å². The highest BCUT2D eigenvalue weighted by molar-refractivity contribution is 4.93. The molecule has 0 saturated heterocycles. The van der Waals surface area contributed by atoms with E-state index in [4.69, 9.17) is 4.74 Å². The first kappa shape index (κ1) is 15.0. The summed E-state index contributed by atoms with van der Waals surface area (Å²) in [5.41, 5.74) is 0.268. The summed E-state index contributed by atoms with van der Waals surface area (Å²) in [6, 6.07) is 0. The van der Waals surface area contributed by atoms with Crippen LogP contribution < -0.4 is 5.32 Å². The van der Waals surface area contributed by atoms with Crippen molar-refractivity contribution < 1.29 is 9.84 Å². The summed E-state index contributed by atoms with van der Waals surface area (Å²) in [6.45, 7) is 6.40. The smallest absolute Gasteiger partial charge is 0.0897 e. The maximum absolute atomic E-state index is 9.93. The van der Waals surface area contributed by atoms with Crippen LogP contribution >= 0.6 is 0 Å². The quantitative estimate of drug-likeness (QED) is 0.696. The highest BCUT2D eigenvalue weighted by Gasteiger charge is 2.31. The number of β-amino-alcohol motifs (C(OH)–C–C–N with tert-alkyl or cyclic N) is 1. The fourth-order valence-corrected chi connectivity index (χ4v) is 2.90. The third-order valence-corrected chi connectivity index (χ3v) is 4.78. The lowest BCUT2D eigenvalue weighted by Crippen LogP contribution is -2.51. The number of ether oxygens (including phenoxy) is 1. The fraction of sp³-hybridized carbons (Fsp3) is 0.875. The topological polar surface area (TPSA) is 41.5 Å². The molecule has 0 amide bonds. The normalized spacial score (nSPS) is 30.9. The molecule has 0 aromatic carbocycles. The van der Waals surface area contributed by atoms with Gasteiger partial charge >= 0.3 is 0 Å². The molecule has 0 aliphatic heterocycles. The molecule has 2 aliphatic carbocycles. The highest BCUT2D eigenvalue weighted by Crippen LogP contribution is 2.30. The van der Waals surface area contributed by atoms with E-state index in [-0.39, 0.29) is 11.6 Å². The monoisotopic (exact) mass is 267 g/mol. The lowest BCUT2D eigenvalue weighted by Gasteiger charge is -2.40. The molecule has 2 rings (SSSR count). The van der Waals surface area contributed by atoms with Crippen molar-refractivity contribution in [2.24, 2.45) is 11.8 Å². The van der Waals surface area contributed by atoms with Gasteiger partial charge in [-0.25, -0.2) is 0 Å². The molecule has 2 aliphatic rings. The molecule has 0 bridgehead atoms. The molecular weight excluding hydrogens is 238 g/mol. The Morgan fingerprint density at radius 2 is 2.11 bits per heavy atom. The number of hydrogen-bond donors (Lipinski definition) is 2. The lowest BCUT2D eigenvalue weighted by molar-refractivity contribution is 0.00765. The number of allylic oxidation sites excluding steroid dienone is 2. The molecule has 19 heavy (non-hydrogen) atoms. The number of aliphatic hydroxyl groups excluding tert-OH is 1. The maximum Gasteiger partial charge on any atom is 0.0897 e. The van der Waals surface area contributed by atoms with Gasteiger partial charge < -0.3 is 15.2 Å². The van der Waals surface area contributed by atoms with Gasteiger partial charge in [0.25, 0.3) is 0 Å². The van der Waals surface area contributed by atoms with Gasteiger partial charge in [0.05, 0.1) is 19.3 Å². The van der Waals surface area contributed by atoms with E-state index in [0.29, 0.717) is 25.0 Å². The van der Waals surface area contributed by atoms with Gasteiger partial charge in [0.1, 0.15) is 0 Å². The summed E-state index contributed by atoms with van der Waals surface area (Å²) in [4.78, 5) is 0. The van der Waals surface area contributed by atoms with Gasteiger partial charge in [-0.05, 0) is 50.9 Å². The molecule has 3 atom stereocenters. The van der Waals surface area contributed by atoms with Crippen LogP contribution in [0.25, 0.3) is 0 Å². The van der Waals surface area contributed by atoms with Gasteiger partial charge in [-0.2, -0.15) is 0 Å². The fourth-order valence-electron chi connectivity index (χ4n) is 2.90. The minimum atomic E-state index is -0.383. The van der Waals surface area contributed by atoms with Crippen molar-refractivity contribution >= 4 is 0 Å². The van der Waals surface area contributed by atoms with E-state index in [2.05, 4.69) is 31.3 Å². The molecule has 0 spiro atoms. The number of rotatable bonds is 7. The Morgan fingerprint density at radius 1 is 1.37 bits per heavy atom. The van der Waals surface area contributed by atoms with E-state index in [1.165, 1.54) is 19.3 Å². The lowest BCUT2D eigenvalue weighted by atomic mass is 9.78. The second-order valence-corrected chi connectivity index (χ2v) is 6.67. The molecule has 0 aromatic heterocycles. The van der Waals surface area contributed by atoms with E-state index < -0.39 is 0 Å². The third-order valence-electron chi connectivity index (χ3n) is 4.78. The van der Waals surface area contributed by atoms with Crippen LogP contribution in [0, 0.1) is 11.8 Å². The van der Waals surface area contributed by atoms with Crippen molar-refractivity contribution in [2.45, 2.75) is 57.6 Å². The summed E-state index contributed by atoms with van der Waals surface area (Å²) < 4.78 is 5.70. The van der Waals surface area contributed by atoms with E-state index in [0.717, 1.165) is 19.4 Å². The van der Waals surface area contributed by atoms with Gasteiger partial charge in [-0.3, -0.25) is 0 Å². The van der Waals surface area contributed by atoms with Crippen LogP contribution in [0.1, 0.15) is 46.0 Å². The average Bonchev–Trinajstić information content (AvgIpc) is 2.36. The summed E-state index contributed by atoms with van der Waals surface area (Å²) in [7, 11) is 0. The zero-order valence-electron chi connectivity index (χ0n) is 12.4. The van der Waals surface area contributed by atoms with Crippen LogP contribution in [0.4, 0.5) is 0 Å².